The normalized spacial score (nSPS) is 19.6. The number of anilines is 1. The van der Waals surface area contributed by atoms with Crippen molar-refractivity contribution in [1.82, 2.24) is 5.32 Å². The Labute approximate surface area is 123 Å². The average Bonchev–Trinajstić information content (AvgIpc) is 2.48. The monoisotopic (exact) mass is 314 g/mol. The molecule has 1 atom stereocenters. The first-order chi connectivity index (χ1) is 9.53. The summed E-state index contributed by atoms with van der Waals surface area (Å²) >= 11 is 1.75. The minimum Gasteiger partial charge on any atom is -0.325 e. The highest BCUT2D eigenvalue weighted by molar-refractivity contribution is 7.99. The van der Waals surface area contributed by atoms with Crippen molar-refractivity contribution >= 4 is 33.2 Å². The van der Waals surface area contributed by atoms with Gasteiger partial charge in [0.25, 0.3) is 0 Å². The third kappa shape index (κ3) is 3.74. The van der Waals surface area contributed by atoms with E-state index in [-0.39, 0.29) is 22.6 Å². The second kappa shape index (κ2) is 6.60. The summed E-state index contributed by atoms with van der Waals surface area (Å²) in [6.45, 7) is 2.44. The van der Waals surface area contributed by atoms with Gasteiger partial charge in [-0.1, -0.05) is 6.92 Å². The summed E-state index contributed by atoms with van der Waals surface area (Å²) in [4.78, 5) is 12.3. The van der Waals surface area contributed by atoms with Crippen LogP contribution in [-0.4, -0.2) is 44.2 Å². The van der Waals surface area contributed by atoms with E-state index in [0.717, 1.165) is 18.1 Å². The van der Waals surface area contributed by atoms with Crippen LogP contribution in [0, 0.1) is 0 Å². The van der Waals surface area contributed by atoms with Crippen molar-refractivity contribution in [1.29, 1.82) is 0 Å². The van der Waals surface area contributed by atoms with Gasteiger partial charge < -0.3 is 10.6 Å². The van der Waals surface area contributed by atoms with Gasteiger partial charge in [0.1, 0.15) is 0 Å². The lowest BCUT2D eigenvalue weighted by molar-refractivity contribution is -0.117. The molecule has 20 heavy (non-hydrogen) atoms. The highest BCUT2D eigenvalue weighted by Crippen LogP contribution is 2.16. The molecule has 1 aromatic carbocycles. The van der Waals surface area contributed by atoms with E-state index in [1.807, 2.05) is 0 Å². The number of sulfone groups is 1. The Balaban J connectivity index is 2.02. The number of hydrogen-bond acceptors (Lipinski definition) is 5. The summed E-state index contributed by atoms with van der Waals surface area (Å²) in [5.74, 6) is 1.77. The van der Waals surface area contributed by atoms with Gasteiger partial charge in [-0.25, -0.2) is 8.42 Å². The molecule has 0 aromatic heterocycles. The number of carbonyl (C=O) groups excluding carboxylic acids is 1. The molecule has 7 heteroatoms. The van der Waals surface area contributed by atoms with Crippen molar-refractivity contribution < 1.29 is 13.2 Å². The fourth-order valence-corrected chi connectivity index (χ4v) is 3.69. The standard InChI is InChI=1S/C13H18N2O3S2/c1-2-20(17,18)11-5-3-10(4-6-11)15-13(16)12-9-19-8-7-14-12/h3-6,12,14H,2,7-9H2,1H3,(H,15,16). The summed E-state index contributed by atoms with van der Waals surface area (Å²) < 4.78 is 23.4. The Morgan fingerprint density at radius 3 is 2.65 bits per heavy atom. The third-order valence-electron chi connectivity index (χ3n) is 3.10. The van der Waals surface area contributed by atoms with Gasteiger partial charge in [0.05, 0.1) is 16.7 Å². The Kier molecular flexibility index (Phi) is 5.06. The fourth-order valence-electron chi connectivity index (χ4n) is 1.88. The molecule has 0 aliphatic carbocycles. The maximum absolute atomic E-state index is 12.0. The molecule has 1 saturated heterocycles. The number of hydrogen-bond donors (Lipinski definition) is 2. The van der Waals surface area contributed by atoms with Gasteiger partial charge >= 0.3 is 0 Å². The van der Waals surface area contributed by atoms with Gasteiger partial charge in [-0.3, -0.25) is 4.79 Å². The van der Waals surface area contributed by atoms with E-state index in [1.165, 1.54) is 12.1 Å². The van der Waals surface area contributed by atoms with Crippen LogP contribution >= 0.6 is 11.8 Å². The minimum absolute atomic E-state index is 0.0714. The molecule has 5 nitrogen and oxygen atoms in total. The van der Waals surface area contributed by atoms with Gasteiger partial charge in [0.2, 0.25) is 5.91 Å². The second-order valence-electron chi connectivity index (χ2n) is 4.50. The van der Waals surface area contributed by atoms with Crippen LogP contribution in [0.5, 0.6) is 0 Å². The molecule has 1 fully saturated rings. The minimum atomic E-state index is -3.19. The maximum atomic E-state index is 12.0. The Bertz CT molecular complexity index is 564. The van der Waals surface area contributed by atoms with Crippen LogP contribution in [0.25, 0.3) is 0 Å². The molecule has 0 spiro atoms. The highest BCUT2D eigenvalue weighted by Gasteiger charge is 2.21. The number of rotatable bonds is 4. The number of benzene rings is 1. The summed E-state index contributed by atoms with van der Waals surface area (Å²) in [5.41, 5.74) is 0.613. The molecule has 1 aliphatic rings. The van der Waals surface area contributed by atoms with E-state index in [1.54, 1.807) is 30.8 Å². The third-order valence-corrected chi connectivity index (χ3v) is 5.91. The van der Waals surface area contributed by atoms with Crippen molar-refractivity contribution in [3.63, 3.8) is 0 Å². The van der Waals surface area contributed by atoms with Crippen LogP contribution in [0.1, 0.15) is 6.92 Å². The van der Waals surface area contributed by atoms with Crippen molar-refractivity contribution in [2.45, 2.75) is 17.9 Å². The fraction of sp³-hybridized carbons (Fsp3) is 0.462. The average molecular weight is 314 g/mol. The zero-order valence-electron chi connectivity index (χ0n) is 11.3. The van der Waals surface area contributed by atoms with E-state index in [2.05, 4.69) is 10.6 Å². The summed E-state index contributed by atoms with van der Waals surface area (Å²) in [6.07, 6.45) is 0. The second-order valence-corrected chi connectivity index (χ2v) is 7.93. The van der Waals surface area contributed by atoms with E-state index < -0.39 is 9.84 Å². The van der Waals surface area contributed by atoms with Crippen LogP contribution in [0.4, 0.5) is 5.69 Å². The molecule has 2 N–H and O–H groups in total. The first-order valence-corrected chi connectivity index (χ1v) is 9.28. The molecule has 1 amide bonds. The van der Waals surface area contributed by atoms with Crippen molar-refractivity contribution in [2.75, 3.05) is 29.1 Å². The molecular weight excluding hydrogens is 296 g/mol. The van der Waals surface area contributed by atoms with E-state index in [9.17, 15) is 13.2 Å². The Hall–Kier alpha value is -1.05. The van der Waals surface area contributed by atoms with Crippen LogP contribution in [-0.2, 0) is 14.6 Å². The van der Waals surface area contributed by atoms with E-state index in [0.29, 0.717) is 5.69 Å². The van der Waals surface area contributed by atoms with Crippen LogP contribution in [0.2, 0.25) is 0 Å². The first-order valence-electron chi connectivity index (χ1n) is 6.48. The molecule has 1 heterocycles. The van der Waals surface area contributed by atoms with Crippen molar-refractivity contribution in [2.24, 2.45) is 0 Å². The molecule has 110 valence electrons. The van der Waals surface area contributed by atoms with Crippen molar-refractivity contribution in [3.05, 3.63) is 24.3 Å². The summed E-state index contributed by atoms with van der Waals surface area (Å²) in [5, 5.41) is 5.95. The van der Waals surface area contributed by atoms with Crippen LogP contribution < -0.4 is 10.6 Å². The number of nitrogens with one attached hydrogen (secondary N) is 2. The molecule has 0 bridgehead atoms. The molecule has 1 unspecified atom stereocenters. The van der Waals surface area contributed by atoms with Crippen LogP contribution in [0.15, 0.2) is 29.2 Å². The van der Waals surface area contributed by atoms with Gasteiger partial charge in [0, 0.05) is 23.7 Å². The highest BCUT2D eigenvalue weighted by atomic mass is 32.2. The largest absolute Gasteiger partial charge is 0.325 e. The molecule has 1 aromatic rings. The molecule has 1 aliphatic heterocycles. The van der Waals surface area contributed by atoms with Gasteiger partial charge in [-0.15, -0.1) is 0 Å². The number of amides is 1. The van der Waals surface area contributed by atoms with Crippen molar-refractivity contribution in [3.8, 4) is 0 Å². The lowest BCUT2D eigenvalue weighted by Crippen LogP contribution is -2.46. The smallest absolute Gasteiger partial charge is 0.242 e. The molecule has 2 rings (SSSR count). The topological polar surface area (TPSA) is 75.3 Å². The molecule has 0 radical (unpaired) electrons. The van der Waals surface area contributed by atoms with Crippen LogP contribution in [0.3, 0.4) is 0 Å². The summed E-state index contributed by atoms with van der Waals surface area (Å²) in [7, 11) is -3.19. The molecular formula is C13H18N2O3S2. The zero-order valence-corrected chi connectivity index (χ0v) is 12.9. The maximum Gasteiger partial charge on any atom is 0.242 e. The summed E-state index contributed by atoms with van der Waals surface area (Å²) in [6, 6.07) is 6.11. The lowest BCUT2D eigenvalue weighted by Gasteiger charge is -2.22. The number of carbonyl (C=O) groups is 1. The first kappa shape index (κ1) is 15.3. The predicted molar refractivity (Wildman–Crippen MR) is 81.9 cm³/mol. The molecule has 0 saturated carbocycles. The Morgan fingerprint density at radius 2 is 2.10 bits per heavy atom. The Morgan fingerprint density at radius 1 is 1.40 bits per heavy atom. The number of thioether (sulfide) groups is 1. The lowest BCUT2D eigenvalue weighted by atomic mass is 10.2. The van der Waals surface area contributed by atoms with E-state index in [4.69, 9.17) is 0 Å². The van der Waals surface area contributed by atoms with Gasteiger partial charge in [0.15, 0.2) is 9.84 Å². The predicted octanol–water partition coefficient (Wildman–Crippen LogP) is 1.12. The van der Waals surface area contributed by atoms with Gasteiger partial charge in [-0.05, 0) is 24.3 Å². The van der Waals surface area contributed by atoms with E-state index >= 15 is 0 Å². The SMILES string of the molecule is CCS(=O)(=O)c1ccc(NC(=O)C2CSCCN2)cc1. The van der Waals surface area contributed by atoms with Gasteiger partial charge in [-0.2, -0.15) is 11.8 Å². The zero-order chi connectivity index (χ0) is 14.6. The quantitative estimate of drug-likeness (QED) is 0.871.